The van der Waals surface area contributed by atoms with Crippen molar-refractivity contribution in [1.82, 2.24) is 4.90 Å². The van der Waals surface area contributed by atoms with Crippen LogP contribution in [0.15, 0.2) is 88.7 Å². The molecule has 0 bridgehead atoms. The number of nitro groups is 1. The minimum atomic E-state index is -4.42. The van der Waals surface area contributed by atoms with Crippen molar-refractivity contribution in [3.05, 3.63) is 105 Å². The number of nitrogens with zero attached hydrogens (tertiary/aromatic N) is 2. The maximum absolute atomic E-state index is 12.8. The predicted octanol–water partition coefficient (Wildman–Crippen LogP) is 4.76. The van der Waals surface area contributed by atoms with Gasteiger partial charge in [-0.1, -0.05) is 78.6 Å². The zero-order valence-corrected chi connectivity index (χ0v) is 19.8. The van der Waals surface area contributed by atoms with Gasteiger partial charge in [0.05, 0.1) is 16.4 Å². The Labute approximate surface area is 205 Å². The highest BCUT2D eigenvalue weighted by Gasteiger charge is 2.32. The van der Waals surface area contributed by atoms with Crippen molar-refractivity contribution in [3.63, 3.8) is 0 Å². The average Bonchev–Trinajstić information content (AvgIpc) is 3.08. The van der Waals surface area contributed by atoms with E-state index >= 15 is 0 Å². The molecule has 1 aliphatic rings. The molecule has 0 unspecified atom stereocenters. The molecule has 1 saturated heterocycles. The van der Waals surface area contributed by atoms with Crippen molar-refractivity contribution in [2.75, 3.05) is 0 Å². The van der Waals surface area contributed by atoms with Gasteiger partial charge in [0.2, 0.25) is 0 Å². The first-order chi connectivity index (χ1) is 16.2. The third-order valence-electron chi connectivity index (χ3n) is 4.77. The van der Waals surface area contributed by atoms with E-state index < -0.39 is 25.6 Å². The van der Waals surface area contributed by atoms with Gasteiger partial charge in [-0.3, -0.25) is 19.8 Å². The van der Waals surface area contributed by atoms with Gasteiger partial charge in [-0.2, -0.15) is 8.42 Å². The molecule has 1 amide bonds. The lowest BCUT2D eigenvalue weighted by atomic mass is 10.2. The van der Waals surface area contributed by atoms with Crippen molar-refractivity contribution < 1.29 is 22.3 Å². The minimum absolute atomic E-state index is 0.0214. The molecule has 3 aromatic carbocycles. The number of benzene rings is 3. The fourth-order valence-corrected chi connectivity index (χ4v) is 5.52. The predicted molar refractivity (Wildman–Crippen MR) is 133 cm³/mol. The Kier molecular flexibility index (Phi) is 6.77. The van der Waals surface area contributed by atoms with E-state index in [0.29, 0.717) is 21.3 Å². The highest BCUT2D eigenvalue weighted by atomic mass is 32.2. The third-order valence-corrected chi connectivity index (χ3v) is 7.45. The normalized spacial score (nSPS) is 15.1. The van der Waals surface area contributed by atoms with E-state index in [2.05, 4.69) is 0 Å². The van der Waals surface area contributed by atoms with Gasteiger partial charge in [-0.15, -0.1) is 0 Å². The number of hydrogen-bond donors (Lipinski definition) is 0. The summed E-state index contributed by atoms with van der Waals surface area (Å²) in [6, 6.07) is 20.4. The molecule has 11 heteroatoms. The summed E-state index contributed by atoms with van der Waals surface area (Å²) in [5.74, 6) is -0.231. The number of amides is 1. The molecule has 1 aliphatic heterocycles. The highest BCUT2D eigenvalue weighted by Crippen LogP contribution is 2.34. The van der Waals surface area contributed by atoms with Crippen molar-refractivity contribution in [3.8, 4) is 5.75 Å². The molecule has 34 heavy (non-hydrogen) atoms. The van der Waals surface area contributed by atoms with Crippen LogP contribution in [0.5, 0.6) is 5.75 Å². The molecule has 8 nitrogen and oxygen atoms in total. The highest BCUT2D eigenvalue weighted by molar-refractivity contribution is 8.26. The van der Waals surface area contributed by atoms with Crippen LogP contribution in [0.2, 0.25) is 0 Å². The Morgan fingerprint density at radius 2 is 1.65 bits per heavy atom. The van der Waals surface area contributed by atoms with Crippen LogP contribution in [0, 0.1) is 10.1 Å². The molecular formula is C23H16N2O6S3. The summed E-state index contributed by atoms with van der Waals surface area (Å²) < 4.78 is 30.6. The molecular weight excluding hydrogens is 496 g/mol. The SMILES string of the molecule is O=C1/C(=C\c2ccc(OS(=O)(=O)c3ccccc3[N+](=O)[O-])cc2)SC(=S)N1Cc1ccccc1. The number of thiocarbonyl (C=S) groups is 1. The lowest BCUT2D eigenvalue weighted by molar-refractivity contribution is -0.387. The summed E-state index contributed by atoms with van der Waals surface area (Å²) in [7, 11) is -4.42. The quantitative estimate of drug-likeness (QED) is 0.147. The number of nitro benzene ring substituents is 1. The zero-order valence-electron chi connectivity index (χ0n) is 17.4. The van der Waals surface area contributed by atoms with Gasteiger partial charge in [0.25, 0.3) is 11.6 Å². The first-order valence-corrected chi connectivity index (χ1v) is 12.5. The van der Waals surface area contributed by atoms with Crippen LogP contribution in [0.25, 0.3) is 6.08 Å². The molecule has 0 spiro atoms. The Hall–Kier alpha value is -3.54. The van der Waals surface area contributed by atoms with Gasteiger partial charge >= 0.3 is 10.1 Å². The molecule has 0 atom stereocenters. The molecule has 4 rings (SSSR count). The molecule has 0 aliphatic carbocycles. The smallest absolute Gasteiger partial charge is 0.346 e. The van der Waals surface area contributed by atoms with Crippen molar-refractivity contribution in [2.24, 2.45) is 0 Å². The number of thioether (sulfide) groups is 1. The molecule has 0 saturated carbocycles. The van der Waals surface area contributed by atoms with E-state index in [-0.39, 0.29) is 11.7 Å². The summed E-state index contributed by atoms with van der Waals surface area (Å²) in [6.45, 7) is 0.374. The summed E-state index contributed by atoms with van der Waals surface area (Å²) in [5, 5.41) is 11.1. The van der Waals surface area contributed by atoms with Crippen LogP contribution in [-0.4, -0.2) is 28.5 Å². The van der Waals surface area contributed by atoms with Crippen molar-refractivity contribution >= 4 is 56.1 Å². The minimum Gasteiger partial charge on any atom is -0.379 e. The Morgan fingerprint density at radius 3 is 2.32 bits per heavy atom. The molecule has 172 valence electrons. The molecule has 0 radical (unpaired) electrons. The first-order valence-electron chi connectivity index (χ1n) is 9.82. The summed E-state index contributed by atoms with van der Waals surface area (Å²) in [6.07, 6.45) is 1.66. The van der Waals surface area contributed by atoms with Gasteiger partial charge < -0.3 is 4.18 Å². The molecule has 0 aromatic heterocycles. The largest absolute Gasteiger partial charge is 0.379 e. The van der Waals surface area contributed by atoms with Crippen LogP contribution in [0.4, 0.5) is 5.69 Å². The fraction of sp³-hybridized carbons (Fsp3) is 0.0435. The van der Waals surface area contributed by atoms with E-state index in [4.69, 9.17) is 16.4 Å². The topological polar surface area (TPSA) is 107 Å². The summed E-state index contributed by atoms with van der Waals surface area (Å²) in [5.41, 5.74) is 1.02. The van der Waals surface area contributed by atoms with E-state index in [9.17, 15) is 23.3 Å². The fourth-order valence-electron chi connectivity index (χ4n) is 3.16. The van der Waals surface area contributed by atoms with E-state index in [1.54, 1.807) is 18.2 Å². The van der Waals surface area contributed by atoms with E-state index in [0.717, 1.165) is 17.7 Å². The third kappa shape index (κ3) is 5.16. The van der Waals surface area contributed by atoms with Gasteiger partial charge in [-0.05, 0) is 35.4 Å². The number of carbonyl (C=O) groups excluding carboxylic acids is 1. The van der Waals surface area contributed by atoms with Crippen molar-refractivity contribution in [2.45, 2.75) is 11.4 Å². The van der Waals surface area contributed by atoms with Gasteiger partial charge in [0.1, 0.15) is 10.1 Å². The Balaban J connectivity index is 1.49. The van der Waals surface area contributed by atoms with Crippen LogP contribution >= 0.6 is 24.0 Å². The first kappa shape index (κ1) is 23.6. The average molecular weight is 513 g/mol. The molecule has 0 N–H and O–H groups in total. The number of para-hydroxylation sites is 1. The van der Waals surface area contributed by atoms with Crippen LogP contribution in [0.3, 0.4) is 0 Å². The molecule has 1 heterocycles. The molecule has 1 fully saturated rings. The Morgan fingerprint density at radius 1 is 1.00 bits per heavy atom. The maximum atomic E-state index is 12.8. The second-order valence-corrected chi connectivity index (χ2v) is 10.3. The van der Waals surface area contributed by atoms with Crippen LogP contribution in [0.1, 0.15) is 11.1 Å². The summed E-state index contributed by atoms with van der Waals surface area (Å²) in [4.78, 5) is 24.6. The van der Waals surface area contributed by atoms with Crippen LogP contribution in [-0.2, 0) is 21.5 Å². The van der Waals surface area contributed by atoms with Crippen LogP contribution < -0.4 is 4.18 Å². The van der Waals surface area contributed by atoms with Crippen molar-refractivity contribution in [1.29, 1.82) is 0 Å². The number of carbonyl (C=O) groups is 1. The zero-order chi connectivity index (χ0) is 24.3. The lowest BCUT2D eigenvalue weighted by Gasteiger charge is -2.14. The van der Waals surface area contributed by atoms with E-state index in [1.165, 1.54) is 40.9 Å². The molecule has 3 aromatic rings. The number of rotatable bonds is 7. The van der Waals surface area contributed by atoms with Gasteiger partial charge in [0, 0.05) is 6.07 Å². The van der Waals surface area contributed by atoms with E-state index in [1.807, 2.05) is 30.3 Å². The lowest BCUT2D eigenvalue weighted by Crippen LogP contribution is -2.27. The van der Waals surface area contributed by atoms with Gasteiger partial charge in [-0.25, -0.2) is 0 Å². The summed E-state index contributed by atoms with van der Waals surface area (Å²) >= 11 is 6.55. The standard InChI is InChI=1S/C23H16N2O6S3/c26-22-20(33-23(32)24(22)15-17-6-2-1-3-7-17)14-16-10-12-18(13-11-16)31-34(29,30)21-9-5-4-8-19(21)25(27)28/h1-14H,15H2/b20-14+. The second kappa shape index (κ2) is 9.75. The maximum Gasteiger partial charge on any atom is 0.346 e. The Bertz CT molecular complexity index is 1400. The second-order valence-electron chi connectivity index (χ2n) is 7.08. The van der Waals surface area contributed by atoms with Gasteiger partial charge in [0.15, 0.2) is 4.90 Å². The number of hydrogen-bond acceptors (Lipinski definition) is 8. The monoisotopic (exact) mass is 512 g/mol.